The molecule has 0 spiro atoms. The summed E-state index contributed by atoms with van der Waals surface area (Å²) in [4.78, 5) is 12.3. The van der Waals surface area contributed by atoms with E-state index in [0.717, 1.165) is 28.0 Å². The smallest absolute Gasteiger partial charge is 0.345 e. The first-order valence-corrected chi connectivity index (χ1v) is 7.30. The van der Waals surface area contributed by atoms with Crippen molar-refractivity contribution in [3.63, 3.8) is 0 Å². The maximum absolute atomic E-state index is 11.1. The van der Waals surface area contributed by atoms with Crippen molar-refractivity contribution in [2.24, 2.45) is 0 Å². The van der Waals surface area contributed by atoms with Gasteiger partial charge >= 0.3 is 5.97 Å². The van der Waals surface area contributed by atoms with Crippen molar-refractivity contribution in [2.75, 3.05) is 0 Å². The number of carboxylic acid groups (broad SMARTS) is 1. The number of hydrogen-bond acceptors (Lipinski definition) is 3. The fourth-order valence-corrected chi connectivity index (χ4v) is 3.21. The van der Waals surface area contributed by atoms with Crippen molar-refractivity contribution in [1.82, 2.24) is 9.78 Å². The molecule has 0 saturated carbocycles. The van der Waals surface area contributed by atoms with E-state index < -0.39 is 5.97 Å². The van der Waals surface area contributed by atoms with E-state index in [4.69, 9.17) is 16.7 Å². The van der Waals surface area contributed by atoms with Crippen LogP contribution in [0.15, 0.2) is 30.3 Å². The van der Waals surface area contributed by atoms with E-state index >= 15 is 0 Å². The van der Waals surface area contributed by atoms with Crippen LogP contribution in [0.1, 0.15) is 22.3 Å². The molecule has 3 aromatic rings. The summed E-state index contributed by atoms with van der Waals surface area (Å²) < 4.78 is 1.78. The molecule has 102 valence electrons. The molecular formula is C14H11ClN2O2S. The van der Waals surface area contributed by atoms with Gasteiger partial charge in [0, 0.05) is 10.4 Å². The molecule has 1 aromatic carbocycles. The molecule has 6 heteroatoms. The average molecular weight is 307 g/mol. The summed E-state index contributed by atoms with van der Waals surface area (Å²) in [5.41, 5.74) is 1.77. The Hall–Kier alpha value is -1.85. The fourth-order valence-electron chi connectivity index (χ4n) is 2.09. The Morgan fingerprint density at radius 3 is 2.70 bits per heavy atom. The van der Waals surface area contributed by atoms with E-state index in [2.05, 4.69) is 5.10 Å². The predicted molar refractivity (Wildman–Crippen MR) is 80.3 cm³/mol. The maximum atomic E-state index is 11.1. The van der Waals surface area contributed by atoms with Gasteiger partial charge in [0.05, 0.1) is 11.4 Å². The molecule has 2 aromatic heterocycles. The normalized spacial score (nSPS) is 11.1. The number of halogens is 1. The Labute approximate surface area is 124 Å². The van der Waals surface area contributed by atoms with Crippen LogP contribution in [-0.2, 0) is 6.42 Å². The summed E-state index contributed by atoms with van der Waals surface area (Å²) >= 11 is 7.13. The summed E-state index contributed by atoms with van der Waals surface area (Å²) in [6.07, 6.45) is 0.757. The highest BCUT2D eigenvalue weighted by molar-refractivity contribution is 7.20. The van der Waals surface area contributed by atoms with Crippen LogP contribution >= 0.6 is 22.9 Å². The Morgan fingerprint density at radius 2 is 2.10 bits per heavy atom. The lowest BCUT2D eigenvalue weighted by atomic mass is 10.2. The van der Waals surface area contributed by atoms with E-state index in [0.29, 0.717) is 9.90 Å². The number of aromatic carboxylic acids is 1. The highest BCUT2D eigenvalue weighted by Gasteiger charge is 2.17. The van der Waals surface area contributed by atoms with Gasteiger partial charge in [-0.05, 0) is 36.8 Å². The molecule has 0 saturated heterocycles. The quantitative estimate of drug-likeness (QED) is 0.795. The lowest BCUT2D eigenvalue weighted by Crippen LogP contribution is -1.97. The van der Waals surface area contributed by atoms with Gasteiger partial charge in [-0.1, -0.05) is 18.5 Å². The molecule has 0 amide bonds. The van der Waals surface area contributed by atoms with Gasteiger partial charge in [-0.25, -0.2) is 9.48 Å². The van der Waals surface area contributed by atoms with Crippen LogP contribution in [0.25, 0.3) is 15.9 Å². The number of fused-ring (bicyclic) bond motifs is 1. The molecule has 4 nitrogen and oxygen atoms in total. The lowest BCUT2D eigenvalue weighted by Gasteiger charge is -2.01. The Kier molecular flexibility index (Phi) is 3.23. The molecule has 3 rings (SSSR count). The maximum Gasteiger partial charge on any atom is 0.345 e. The molecule has 20 heavy (non-hydrogen) atoms. The monoisotopic (exact) mass is 306 g/mol. The summed E-state index contributed by atoms with van der Waals surface area (Å²) in [6.45, 7) is 2.01. The SMILES string of the molecule is CCc1nn(-c2ccc(Cl)cc2)c2sc(C(=O)O)cc12. The van der Waals surface area contributed by atoms with Gasteiger partial charge in [0.15, 0.2) is 0 Å². The molecule has 0 radical (unpaired) electrons. The zero-order chi connectivity index (χ0) is 14.3. The summed E-state index contributed by atoms with van der Waals surface area (Å²) in [5.74, 6) is -0.907. The average Bonchev–Trinajstić information content (AvgIpc) is 2.98. The van der Waals surface area contributed by atoms with Crippen LogP contribution in [0.2, 0.25) is 5.02 Å². The highest BCUT2D eigenvalue weighted by atomic mass is 35.5. The second-order valence-electron chi connectivity index (χ2n) is 4.32. The van der Waals surface area contributed by atoms with E-state index in [-0.39, 0.29) is 0 Å². The minimum absolute atomic E-state index is 0.329. The molecule has 0 aliphatic heterocycles. The third-order valence-corrected chi connectivity index (χ3v) is 4.40. The van der Waals surface area contributed by atoms with Gasteiger partial charge in [-0.2, -0.15) is 5.10 Å². The summed E-state index contributed by atoms with van der Waals surface area (Å²) in [6, 6.07) is 9.02. The van der Waals surface area contributed by atoms with Crippen LogP contribution in [0.3, 0.4) is 0 Å². The van der Waals surface area contributed by atoms with Crippen molar-refractivity contribution in [1.29, 1.82) is 0 Å². The van der Waals surface area contributed by atoms with Crippen LogP contribution in [0.4, 0.5) is 0 Å². The number of aromatic nitrogens is 2. The molecule has 0 atom stereocenters. The minimum atomic E-state index is -0.907. The number of thiophene rings is 1. The first-order chi connectivity index (χ1) is 9.60. The van der Waals surface area contributed by atoms with Crippen LogP contribution in [0.5, 0.6) is 0 Å². The molecule has 2 heterocycles. The summed E-state index contributed by atoms with van der Waals surface area (Å²) in [5, 5.41) is 15.3. The molecule has 0 aliphatic rings. The van der Waals surface area contributed by atoms with Crippen molar-refractivity contribution in [2.45, 2.75) is 13.3 Å². The molecule has 1 N–H and O–H groups in total. The summed E-state index contributed by atoms with van der Waals surface area (Å²) in [7, 11) is 0. The van der Waals surface area contributed by atoms with Gasteiger partial charge in [-0.15, -0.1) is 11.3 Å². The number of nitrogens with zero attached hydrogens (tertiary/aromatic N) is 2. The van der Waals surface area contributed by atoms with E-state index in [1.807, 2.05) is 19.1 Å². The van der Waals surface area contributed by atoms with Gasteiger partial charge in [0.1, 0.15) is 9.71 Å². The number of hydrogen-bond donors (Lipinski definition) is 1. The zero-order valence-electron chi connectivity index (χ0n) is 10.6. The largest absolute Gasteiger partial charge is 0.477 e. The van der Waals surface area contributed by atoms with Gasteiger partial charge in [0.25, 0.3) is 0 Å². The molecule has 0 bridgehead atoms. The third kappa shape index (κ3) is 2.09. The Bertz CT molecular complexity index is 789. The third-order valence-electron chi connectivity index (χ3n) is 3.05. The first kappa shape index (κ1) is 13.1. The van der Waals surface area contributed by atoms with Crippen molar-refractivity contribution >= 4 is 39.1 Å². The van der Waals surface area contributed by atoms with Gasteiger partial charge in [-0.3, -0.25) is 0 Å². The Balaban J connectivity index is 2.24. The topological polar surface area (TPSA) is 55.1 Å². The van der Waals surface area contributed by atoms with Crippen molar-refractivity contribution in [3.05, 3.63) is 45.9 Å². The van der Waals surface area contributed by atoms with Gasteiger partial charge in [0.2, 0.25) is 0 Å². The van der Waals surface area contributed by atoms with Gasteiger partial charge < -0.3 is 5.11 Å². The zero-order valence-corrected chi connectivity index (χ0v) is 12.2. The number of carbonyl (C=O) groups is 1. The molecule has 0 fully saturated rings. The van der Waals surface area contributed by atoms with E-state index in [9.17, 15) is 4.79 Å². The van der Waals surface area contributed by atoms with E-state index in [1.54, 1.807) is 22.9 Å². The number of carboxylic acids is 1. The predicted octanol–water partition coefficient (Wildman–Crippen LogP) is 4.00. The van der Waals surface area contributed by atoms with Crippen molar-refractivity contribution in [3.8, 4) is 5.69 Å². The second kappa shape index (κ2) is 4.92. The minimum Gasteiger partial charge on any atom is -0.477 e. The molecule has 0 aliphatic carbocycles. The number of aryl methyl sites for hydroxylation is 1. The van der Waals surface area contributed by atoms with E-state index in [1.165, 1.54) is 11.3 Å². The van der Waals surface area contributed by atoms with Crippen molar-refractivity contribution < 1.29 is 9.90 Å². The van der Waals surface area contributed by atoms with Crippen LogP contribution in [-0.4, -0.2) is 20.9 Å². The number of benzene rings is 1. The second-order valence-corrected chi connectivity index (χ2v) is 5.79. The standard InChI is InChI=1S/C14H11ClN2O2S/c1-2-11-10-7-12(14(18)19)20-13(10)17(16-11)9-5-3-8(15)4-6-9/h3-7H,2H2,1H3,(H,18,19). The fraction of sp³-hybridized carbons (Fsp3) is 0.143. The Morgan fingerprint density at radius 1 is 1.40 bits per heavy atom. The molecule has 0 unspecified atom stereocenters. The van der Waals surface area contributed by atoms with Crippen LogP contribution < -0.4 is 0 Å². The van der Waals surface area contributed by atoms with Crippen LogP contribution in [0, 0.1) is 0 Å². The highest BCUT2D eigenvalue weighted by Crippen LogP contribution is 2.31. The number of rotatable bonds is 3. The first-order valence-electron chi connectivity index (χ1n) is 6.11. The lowest BCUT2D eigenvalue weighted by molar-refractivity contribution is 0.0702. The molecular weight excluding hydrogens is 296 g/mol.